The molecule has 2 N–H and O–H groups in total. The van der Waals surface area contributed by atoms with Crippen molar-refractivity contribution in [1.82, 2.24) is 19.8 Å². The Morgan fingerprint density at radius 2 is 2.00 bits per heavy atom. The van der Waals surface area contributed by atoms with Gasteiger partial charge in [-0.15, -0.1) is 0 Å². The first-order valence-corrected chi connectivity index (χ1v) is 9.76. The number of nitrogens with zero attached hydrogens (tertiary/aromatic N) is 3. The van der Waals surface area contributed by atoms with Gasteiger partial charge in [0.2, 0.25) is 0 Å². The molecule has 7 nitrogen and oxygen atoms in total. The van der Waals surface area contributed by atoms with Crippen molar-refractivity contribution in [1.29, 1.82) is 0 Å². The van der Waals surface area contributed by atoms with Crippen LogP contribution in [0.2, 0.25) is 0 Å². The van der Waals surface area contributed by atoms with Crippen molar-refractivity contribution in [2.45, 2.75) is 37.8 Å². The summed E-state index contributed by atoms with van der Waals surface area (Å²) in [4.78, 5) is 18.8. The van der Waals surface area contributed by atoms with Gasteiger partial charge >= 0.3 is 6.03 Å². The van der Waals surface area contributed by atoms with E-state index >= 15 is 0 Å². The molecule has 0 unspecified atom stereocenters. The fourth-order valence-electron chi connectivity index (χ4n) is 3.82. The molecular weight excluding hydrogens is 342 g/mol. The Morgan fingerprint density at radius 3 is 2.67 bits per heavy atom. The summed E-state index contributed by atoms with van der Waals surface area (Å²) in [6.45, 7) is 3.98. The van der Waals surface area contributed by atoms with E-state index in [2.05, 4.69) is 20.5 Å². The molecule has 0 radical (unpaired) electrons. The highest BCUT2D eigenvalue weighted by Gasteiger charge is 2.24. The summed E-state index contributed by atoms with van der Waals surface area (Å²) in [6, 6.07) is 7.82. The number of hydrogen-bond acceptors (Lipinski definition) is 4. The van der Waals surface area contributed by atoms with E-state index in [0.29, 0.717) is 6.10 Å². The number of nitrogens with one attached hydrogen (secondary N) is 2. The van der Waals surface area contributed by atoms with Crippen LogP contribution in [0.15, 0.2) is 43.0 Å². The van der Waals surface area contributed by atoms with Crippen LogP contribution in [0.5, 0.6) is 0 Å². The van der Waals surface area contributed by atoms with Crippen LogP contribution in [0.3, 0.4) is 0 Å². The number of amides is 2. The molecule has 0 aliphatic carbocycles. The molecular formula is C20H27N5O2. The van der Waals surface area contributed by atoms with Crippen LogP contribution >= 0.6 is 0 Å². The highest BCUT2D eigenvalue weighted by atomic mass is 16.5. The molecule has 1 aromatic carbocycles. The van der Waals surface area contributed by atoms with Gasteiger partial charge in [-0.1, -0.05) is 0 Å². The summed E-state index contributed by atoms with van der Waals surface area (Å²) in [5, 5.41) is 6.02. The minimum atomic E-state index is -0.136. The van der Waals surface area contributed by atoms with Gasteiger partial charge in [-0.2, -0.15) is 0 Å². The second-order valence-electron chi connectivity index (χ2n) is 7.33. The summed E-state index contributed by atoms with van der Waals surface area (Å²) < 4.78 is 7.64. The minimum absolute atomic E-state index is 0.136. The van der Waals surface area contributed by atoms with Crippen molar-refractivity contribution >= 4 is 11.7 Å². The number of hydrogen-bond donors (Lipinski definition) is 2. The number of imidazole rings is 1. The summed E-state index contributed by atoms with van der Waals surface area (Å²) in [6.07, 6.45) is 10.1. The fraction of sp³-hybridized carbons (Fsp3) is 0.500. The standard InChI is InChI=1S/C20H27N5O2/c26-20(22-16-3-5-18(6-4-16)25-12-9-21-15-25)23-17-7-10-24(11-8-17)14-19-2-1-13-27-19/h3-6,9,12,15,17,19H,1-2,7-8,10-11,13-14H2,(H2,22,23,26)/t19-/m1/s1. The Balaban J connectivity index is 1.20. The molecule has 1 atom stereocenters. The van der Waals surface area contributed by atoms with Crippen LogP contribution in [-0.4, -0.2) is 58.9 Å². The van der Waals surface area contributed by atoms with Crippen molar-refractivity contribution in [3.63, 3.8) is 0 Å². The van der Waals surface area contributed by atoms with E-state index in [1.807, 2.05) is 35.0 Å². The number of piperidine rings is 1. The van der Waals surface area contributed by atoms with Gasteiger partial charge in [-0.3, -0.25) is 0 Å². The van der Waals surface area contributed by atoms with Crippen LogP contribution in [-0.2, 0) is 4.74 Å². The third-order valence-electron chi connectivity index (χ3n) is 5.34. The number of likely N-dealkylation sites (tertiary alicyclic amines) is 1. The number of anilines is 1. The van der Waals surface area contributed by atoms with Gasteiger partial charge in [-0.25, -0.2) is 9.78 Å². The van der Waals surface area contributed by atoms with Crippen molar-refractivity contribution in [3.05, 3.63) is 43.0 Å². The summed E-state index contributed by atoms with van der Waals surface area (Å²) in [5.74, 6) is 0. The molecule has 7 heteroatoms. The number of carbonyl (C=O) groups excluding carboxylic acids is 1. The molecule has 2 fully saturated rings. The molecule has 27 heavy (non-hydrogen) atoms. The minimum Gasteiger partial charge on any atom is -0.377 e. The summed E-state index contributed by atoms with van der Waals surface area (Å²) in [5.41, 5.74) is 1.80. The third kappa shape index (κ3) is 4.87. The van der Waals surface area contributed by atoms with Crippen LogP contribution < -0.4 is 10.6 Å². The lowest BCUT2D eigenvalue weighted by Gasteiger charge is -2.33. The molecule has 0 bridgehead atoms. The Hall–Kier alpha value is -2.38. The molecule has 2 aromatic rings. The molecule has 2 aliphatic heterocycles. The maximum atomic E-state index is 12.3. The van der Waals surface area contributed by atoms with Gasteiger partial charge in [-0.05, 0) is 49.9 Å². The van der Waals surface area contributed by atoms with Gasteiger partial charge < -0.3 is 24.8 Å². The lowest BCUT2D eigenvalue weighted by molar-refractivity contribution is 0.0633. The number of benzene rings is 1. The van der Waals surface area contributed by atoms with Gasteiger partial charge in [0.25, 0.3) is 0 Å². The normalized spacial score (nSPS) is 21.3. The smallest absolute Gasteiger partial charge is 0.319 e. The average molecular weight is 369 g/mol. The van der Waals surface area contributed by atoms with Gasteiger partial charge in [0.15, 0.2) is 0 Å². The van der Waals surface area contributed by atoms with Crippen molar-refractivity contribution in [3.8, 4) is 5.69 Å². The first kappa shape index (κ1) is 18.0. The second-order valence-corrected chi connectivity index (χ2v) is 7.33. The fourth-order valence-corrected chi connectivity index (χ4v) is 3.82. The van der Waals surface area contributed by atoms with E-state index < -0.39 is 0 Å². The zero-order valence-electron chi connectivity index (χ0n) is 15.5. The Labute approximate surface area is 159 Å². The van der Waals surface area contributed by atoms with Crippen molar-refractivity contribution in [2.75, 3.05) is 31.6 Å². The van der Waals surface area contributed by atoms with Crippen LogP contribution in [0.1, 0.15) is 25.7 Å². The highest BCUT2D eigenvalue weighted by Crippen LogP contribution is 2.17. The quantitative estimate of drug-likeness (QED) is 0.850. The van der Waals surface area contributed by atoms with Crippen LogP contribution in [0.25, 0.3) is 5.69 Å². The van der Waals surface area contributed by atoms with Crippen molar-refractivity contribution < 1.29 is 9.53 Å². The van der Waals surface area contributed by atoms with E-state index in [9.17, 15) is 4.79 Å². The maximum Gasteiger partial charge on any atom is 0.319 e. The Morgan fingerprint density at radius 1 is 1.19 bits per heavy atom. The molecule has 4 rings (SSSR count). The molecule has 0 saturated carbocycles. The zero-order valence-corrected chi connectivity index (χ0v) is 15.5. The topological polar surface area (TPSA) is 71.4 Å². The van der Waals surface area contributed by atoms with Gasteiger partial charge in [0, 0.05) is 56.1 Å². The van der Waals surface area contributed by atoms with Gasteiger partial charge in [0.05, 0.1) is 12.4 Å². The SMILES string of the molecule is O=C(Nc1ccc(-n2ccnc2)cc1)NC1CCN(C[C@H]2CCCO2)CC1. The summed E-state index contributed by atoms with van der Waals surface area (Å²) in [7, 11) is 0. The third-order valence-corrected chi connectivity index (χ3v) is 5.34. The predicted octanol–water partition coefficient (Wildman–Crippen LogP) is 2.64. The lowest BCUT2D eigenvalue weighted by Crippen LogP contribution is -2.47. The monoisotopic (exact) mass is 369 g/mol. The largest absolute Gasteiger partial charge is 0.377 e. The highest BCUT2D eigenvalue weighted by molar-refractivity contribution is 5.89. The average Bonchev–Trinajstić information content (AvgIpc) is 3.38. The number of ether oxygens (including phenoxy) is 1. The second kappa shape index (κ2) is 8.54. The lowest BCUT2D eigenvalue weighted by atomic mass is 10.0. The zero-order chi connectivity index (χ0) is 18.5. The van der Waals surface area contributed by atoms with E-state index in [0.717, 1.165) is 50.5 Å². The van der Waals surface area contributed by atoms with Crippen LogP contribution in [0, 0.1) is 0 Å². The first-order chi connectivity index (χ1) is 13.3. The number of aromatic nitrogens is 2. The Bertz CT molecular complexity index is 717. The number of urea groups is 1. The Kier molecular flexibility index (Phi) is 5.69. The molecule has 144 valence electrons. The van der Waals surface area contributed by atoms with Crippen molar-refractivity contribution in [2.24, 2.45) is 0 Å². The maximum absolute atomic E-state index is 12.3. The molecule has 3 heterocycles. The molecule has 1 aromatic heterocycles. The van der Waals surface area contributed by atoms with E-state index in [1.165, 1.54) is 12.8 Å². The van der Waals surface area contributed by atoms with E-state index in [1.54, 1.807) is 12.5 Å². The predicted molar refractivity (Wildman–Crippen MR) is 104 cm³/mol. The molecule has 0 spiro atoms. The first-order valence-electron chi connectivity index (χ1n) is 9.76. The molecule has 2 saturated heterocycles. The van der Waals surface area contributed by atoms with E-state index in [4.69, 9.17) is 4.74 Å². The molecule has 2 aliphatic rings. The van der Waals surface area contributed by atoms with Gasteiger partial charge in [0.1, 0.15) is 0 Å². The number of carbonyl (C=O) groups is 1. The van der Waals surface area contributed by atoms with E-state index in [-0.39, 0.29) is 12.1 Å². The molecule has 2 amide bonds. The summed E-state index contributed by atoms with van der Waals surface area (Å²) >= 11 is 0. The number of rotatable bonds is 5. The van der Waals surface area contributed by atoms with Crippen LogP contribution in [0.4, 0.5) is 10.5 Å².